The Balaban J connectivity index is 1.61. The van der Waals surface area contributed by atoms with Gasteiger partial charge in [0, 0.05) is 66.4 Å². The first-order valence-electron chi connectivity index (χ1n) is 9.43. The molecule has 140 valence electrons. The summed E-state index contributed by atoms with van der Waals surface area (Å²) in [6.45, 7) is 4.53. The summed E-state index contributed by atoms with van der Waals surface area (Å²) in [4.78, 5) is 27.0. The Morgan fingerprint density at radius 3 is 3.00 bits per heavy atom. The number of hydrogen-bond donors (Lipinski definition) is 1. The maximum Gasteiger partial charge on any atom is 0.354 e. The number of nitrogens with one attached hydrogen (secondary N) is 1. The lowest BCUT2D eigenvalue weighted by molar-refractivity contribution is 0.0592. The first-order chi connectivity index (χ1) is 13.2. The zero-order valence-electron chi connectivity index (χ0n) is 15.8. The molecule has 3 heterocycles. The van der Waals surface area contributed by atoms with Crippen molar-refractivity contribution in [3.63, 3.8) is 0 Å². The SMILES string of the molecule is CCCc1ncc2c(n1)CCN(Cc1c(C(=O)OC)[nH]c3ccccc13)C2. The number of fused-ring (bicyclic) bond motifs is 2. The molecule has 4 rings (SSSR count). The fraction of sp³-hybridized carbons (Fsp3) is 0.381. The van der Waals surface area contributed by atoms with E-state index >= 15 is 0 Å². The Hall–Kier alpha value is -2.73. The highest BCUT2D eigenvalue weighted by molar-refractivity contribution is 5.98. The molecule has 1 aliphatic rings. The minimum absolute atomic E-state index is 0.328. The van der Waals surface area contributed by atoms with Crippen LogP contribution in [0.2, 0.25) is 0 Å². The van der Waals surface area contributed by atoms with Gasteiger partial charge >= 0.3 is 5.97 Å². The van der Waals surface area contributed by atoms with Gasteiger partial charge in [-0.3, -0.25) is 4.90 Å². The van der Waals surface area contributed by atoms with Gasteiger partial charge in [0.25, 0.3) is 0 Å². The first-order valence-corrected chi connectivity index (χ1v) is 9.43. The zero-order valence-corrected chi connectivity index (χ0v) is 15.8. The number of benzene rings is 1. The number of nitrogens with zero attached hydrogens (tertiary/aromatic N) is 3. The molecule has 0 atom stereocenters. The maximum absolute atomic E-state index is 12.3. The van der Waals surface area contributed by atoms with Crippen LogP contribution >= 0.6 is 0 Å². The summed E-state index contributed by atoms with van der Waals surface area (Å²) >= 11 is 0. The smallest absolute Gasteiger partial charge is 0.354 e. The summed E-state index contributed by atoms with van der Waals surface area (Å²) < 4.78 is 4.98. The number of methoxy groups -OCH3 is 1. The number of esters is 1. The van der Waals surface area contributed by atoms with Crippen molar-refractivity contribution in [2.75, 3.05) is 13.7 Å². The third-order valence-corrected chi connectivity index (χ3v) is 5.12. The third-order valence-electron chi connectivity index (χ3n) is 5.12. The lowest BCUT2D eigenvalue weighted by atomic mass is 10.0. The Kier molecular flexibility index (Phi) is 4.90. The van der Waals surface area contributed by atoms with Crippen LogP contribution < -0.4 is 0 Å². The number of H-pyrrole nitrogens is 1. The molecular weight excluding hydrogens is 340 g/mol. The molecule has 1 aliphatic heterocycles. The standard InChI is InChI=1S/C21H24N4O2/c1-3-6-19-22-11-14-12-25(10-9-17(14)23-19)13-16-15-7-4-5-8-18(15)24-20(16)21(26)27-2/h4-5,7-8,11,24H,3,6,9-10,12-13H2,1-2H3. The second kappa shape index (κ2) is 7.48. The van der Waals surface area contributed by atoms with Gasteiger partial charge in [0.2, 0.25) is 0 Å². The van der Waals surface area contributed by atoms with Crippen LogP contribution in [-0.2, 0) is 30.7 Å². The van der Waals surface area contributed by atoms with Crippen molar-refractivity contribution in [3.8, 4) is 0 Å². The molecule has 0 amide bonds. The Morgan fingerprint density at radius 2 is 2.19 bits per heavy atom. The monoisotopic (exact) mass is 364 g/mol. The summed E-state index contributed by atoms with van der Waals surface area (Å²) in [5.41, 5.74) is 4.83. The quantitative estimate of drug-likeness (QED) is 0.704. The van der Waals surface area contributed by atoms with Crippen molar-refractivity contribution < 1.29 is 9.53 Å². The highest BCUT2D eigenvalue weighted by atomic mass is 16.5. The van der Waals surface area contributed by atoms with Gasteiger partial charge in [-0.05, 0) is 12.5 Å². The van der Waals surface area contributed by atoms with Crippen molar-refractivity contribution in [1.82, 2.24) is 19.9 Å². The average Bonchev–Trinajstić information content (AvgIpc) is 3.06. The molecule has 0 saturated heterocycles. The van der Waals surface area contributed by atoms with E-state index in [2.05, 4.69) is 21.8 Å². The molecule has 6 nitrogen and oxygen atoms in total. The van der Waals surface area contributed by atoms with Gasteiger partial charge in [-0.25, -0.2) is 14.8 Å². The normalized spacial score (nSPS) is 14.3. The molecule has 27 heavy (non-hydrogen) atoms. The number of aromatic nitrogens is 3. The van der Waals surface area contributed by atoms with Gasteiger partial charge < -0.3 is 9.72 Å². The number of aryl methyl sites for hydroxylation is 1. The van der Waals surface area contributed by atoms with Crippen LogP contribution in [0.25, 0.3) is 10.9 Å². The molecule has 0 spiro atoms. The fourth-order valence-electron chi connectivity index (χ4n) is 3.76. The van der Waals surface area contributed by atoms with E-state index < -0.39 is 0 Å². The topological polar surface area (TPSA) is 71.1 Å². The van der Waals surface area contributed by atoms with Crippen LogP contribution in [0.15, 0.2) is 30.5 Å². The van der Waals surface area contributed by atoms with E-state index in [-0.39, 0.29) is 5.97 Å². The number of para-hydroxylation sites is 1. The third kappa shape index (κ3) is 3.45. The highest BCUT2D eigenvalue weighted by Crippen LogP contribution is 2.27. The fourth-order valence-corrected chi connectivity index (χ4v) is 3.76. The number of ether oxygens (including phenoxy) is 1. The van der Waals surface area contributed by atoms with E-state index in [1.807, 2.05) is 30.5 Å². The Bertz CT molecular complexity index is 979. The highest BCUT2D eigenvalue weighted by Gasteiger charge is 2.23. The lowest BCUT2D eigenvalue weighted by Gasteiger charge is -2.28. The van der Waals surface area contributed by atoms with Crippen molar-refractivity contribution in [2.24, 2.45) is 0 Å². The second-order valence-corrected chi connectivity index (χ2v) is 6.98. The molecule has 0 radical (unpaired) electrons. The molecule has 0 aliphatic carbocycles. The average molecular weight is 364 g/mol. The van der Waals surface area contributed by atoms with E-state index in [1.165, 1.54) is 12.7 Å². The van der Waals surface area contributed by atoms with Crippen LogP contribution in [-0.4, -0.2) is 39.5 Å². The van der Waals surface area contributed by atoms with E-state index in [9.17, 15) is 4.79 Å². The molecular formula is C21H24N4O2. The van der Waals surface area contributed by atoms with Gasteiger partial charge in [0.05, 0.1) is 7.11 Å². The molecule has 6 heteroatoms. The van der Waals surface area contributed by atoms with E-state index in [0.717, 1.165) is 60.3 Å². The van der Waals surface area contributed by atoms with Gasteiger partial charge in [-0.1, -0.05) is 25.1 Å². The number of carbonyl (C=O) groups is 1. The first kappa shape index (κ1) is 17.7. The van der Waals surface area contributed by atoms with Crippen molar-refractivity contribution >= 4 is 16.9 Å². The second-order valence-electron chi connectivity index (χ2n) is 6.98. The number of hydrogen-bond acceptors (Lipinski definition) is 5. The van der Waals surface area contributed by atoms with Crippen LogP contribution in [0.3, 0.4) is 0 Å². The summed E-state index contributed by atoms with van der Waals surface area (Å²) in [5.74, 6) is 0.612. The number of rotatable bonds is 5. The molecule has 0 unspecified atom stereocenters. The van der Waals surface area contributed by atoms with Crippen molar-refractivity contribution in [1.29, 1.82) is 0 Å². The van der Waals surface area contributed by atoms with Crippen molar-refractivity contribution in [2.45, 2.75) is 39.3 Å². The maximum atomic E-state index is 12.3. The largest absolute Gasteiger partial charge is 0.464 e. The van der Waals surface area contributed by atoms with Crippen molar-refractivity contribution in [3.05, 3.63) is 58.8 Å². The van der Waals surface area contributed by atoms with Gasteiger partial charge in [0.15, 0.2) is 0 Å². The Labute approximate surface area is 158 Å². The minimum atomic E-state index is -0.328. The molecule has 1 N–H and O–H groups in total. The molecule has 1 aromatic carbocycles. The summed E-state index contributed by atoms with van der Waals surface area (Å²) in [6, 6.07) is 7.99. The molecule has 0 bridgehead atoms. The lowest BCUT2D eigenvalue weighted by Crippen LogP contribution is -2.31. The number of carbonyl (C=O) groups excluding carboxylic acids is 1. The predicted octanol–water partition coefficient (Wildman–Crippen LogP) is 3.26. The minimum Gasteiger partial charge on any atom is -0.464 e. The summed E-state index contributed by atoms with van der Waals surface area (Å²) in [6.07, 6.45) is 4.86. The van der Waals surface area contributed by atoms with Crippen LogP contribution in [0.4, 0.5) is 0 Å². The van der Waals surface area contributed by atoms with E-state index in [0.29, 0.717) is 12.2 Å². The van der Waals surface area contributed by atoms with E-state index in [1.54, 1.807) is 0 Å². The van der Waals surface area contributed by atoms with Gasteiger partial charge in [-0.2, -0.15) is 0 Å². The molecule has 0 saturated carbocycles. The van der Waals surface area contributed by atoms with Gasteiger partial charge in [-0.15, -0.1) is 0 Å². The number of aromatic amines is 1. The van der Waals surface area contributed by atoms with E-state index in [4.69, 9.17) is 9.72 Å². The van der Waals surface area contributed by atoms with Gasteiger partial charge in [0.1, 0.15) is 11.5 Å². The summed E-state index contributed by atoms with van der Waals surface area (Å²) in [7, 11) is 1.42. The molecule has 2 aromatic heterocycles. The van der Waals surface area contributed by atoms with Crippen LogP contribution in [0, 0.1) is 0 Å². The molecule has 3 aromatic rings. The zero-order chi connectivity index (χ0) is 18.8. The summed E-state index contributed by atoms with van der Waals surface area (Å²) in [5, 5.41) is 1.07. The van der Waals surface area contributed by atoms with Crippen LogP contribution in [0.1, 0.15) is 46.5 Å². The predicted molar refractivity (Wildman–Crippen MR) is 103 cm³/mol. The Morgan fingerprint density at radius 1 is 1.33 bits per heavy atom. The van der Waals surface area contributed by atoms with Crippen LogP contribution in [0.5, 0.6) is 0 Å². The molecule has 0 fully saturated rings.